The molecule has 27 heavy (non-hydrogen) atoms. The number of methoxy groups -OCH3 is 1. The van der Waals surface area contributed by atoms with E-state index in [1.165, 1.54) is 11.3 Å². The summed E-state index contributed by atoms with van der Waals surface area (Å²) in [6.07, 6.45) is 0. The first-order chi connectivity index (χ1) is 13.2. The first kappa shape index (κ1) is 17.6. The normalized spacial score (nSPS) is 15.6. The maximum atomic E-state index is 5.48. The lowest BCUT2D eigenvalue weighted by molar-refractivity contribution is 0.414. The van der Waals surface area contributed by atoms with E-state index in [2.05, 4.69) is 46.7 Å². The van der Waals surface area contributed by atoms with Gasteiger partial charge in [-0.3, -0.25) is 0 Å². The lowest BCUT2D eigenvalue weighted by atomic mass is 10.0. The molecule has 1 aliphatic rings. The van der Waals surface area contributed by atoms with Crippen LogP contribution in [-0.2, 0) is 0 Å². The summed E-state index contributed by atoms with van der Waals surface area (Å²) in [7, 11) is 1.71. The largest absolute Gasteiger partial charge is 0.497 e. The van der Waals surface area contributed by atoms with Gasteiger partial charge in [0.15, 0.2) is 0 Å². The molecule has 0 bridgehead atoms. The van der Waals surface area contributed by atoms with E-state index in [4.69, 9.17) is 9.72 Å². The van der Waals surface area contributed by atoms with Crippen molar-refractivity contribution in [3.05, 3.63) is 60.2 Å². The summed E-state index contributed by atoms with van der Waals surface area (Å²) < 4.78 is 5.48. The van der Waals surface area contributed by atoms with Crippen LogP contribution in [0, 0.1) is 0 Å². The van der Waals surface area contributed by atoms with E-state index in [0.717, 1.165) is 48.6 Å². The van der Waals surface area contributed by atoms with Crippen LogP contribution in [0.1, 0.15) is 18.5 Å². The molecule has 3 aromatic rings. The molecule has 2 aromatic carbocycles. The van der Waals surface area contributed by atoms with Gasteiger partial charge >= 0.3 is 0 Å². The van der Waals surface area contributed by atoms with Crippen molar-refractivity contribution in [3.8, 4) is 5.75 Å². The Balaban J connectivity index is 1.63. The number of anilines is 2. The van der Waals surface area contributed by atoms with Crippen molar-refractivity contribution in [3.63, 3.8) is 0 Å². The molecule has 4 rings (SSSR count). The molecule has 0 amide bonds. The summed E-state index contributed by atoms with van der Waals surface area (Å²) >= 11 is 0. The summed E-state index contributed by atoms with van der Waals surface area (Å²) in [5.74, 6) is 1.76. The van der Waals surface area contributed by atoms with Crippen molar-refractivity contribution in [2.24, 2.45) is 0 Å². The molecule has 140 valence electrons. The Morgan fingerprint density at radius 3 is 2.70 bits per heavy atom. The average molecular weight is 362 g/mol. The smallest absolute Gasteiger partial charge is 0.127 e. The molecule has 1 unspecified atom stereocenters. The number of para-hydroxylation sites is 1. The van der Waals surface area contributed by atoms with Crippen LogP contribution in [-0.4, -0.2) is 38.3 Å². The summed E-state index contributed by atoms with van der Waals surface area (Å²) in [5, 5.41) is 8.14. The predicted octanol–water partition coefficient (Wildman–Crippen LogP) is 3.83. The Hall–Kier alpha value is -2.79. The van der Waals surface area contributed by atoms with Crippen LogP contribution in [0.25, 0.3) is 10.9 Å². The van der Waals surface area contributed by atoms with Crippen LogP contribution < -0.4 is 20.3 Å². The van der Waals surface area contributed by atoms with Crippen LogP contribution in [0.4, 0.5) is 11.5 Å². The molecule has 2 N–H and O–H groups in total. The quantitative estimate of drug-likeness (QED) is 0.722. The highest BCUT2D eigenvalue weighted by Gasteiger charge is 2.19. The van der Waals surface area contributed by atoms with Gasteiger partial charge in [-0.05, 0) is 43.3 Å². The van der Waals surface area contributed by atoms with Gasteiger partial charge in [0.2, 0.25) is 0 Å². The molecule has 1 aliphatic heterocycles. The number of nitrogens with one attached hydrogen (secondary N) is 2. The number of ether oxygens (including phenoxy) is 1. The fourth-order valence-electron chi connectivity index (χ4n) is 3.65. The average Bonchev–Trinajstić information content (AvgIpc) is 2.74. The Labute approximate surface area is 160 Å². The van der Waals surface area contributed by atoms with Gasteiger partial charge in [0.25, 0.3) is 0 Å². The molecule has 2 heterocycles. The van der Waals surface area contributed by atoms with E-state index in [9.17, 15) is 0 Å². The second-order valence-corrected chi connectivity index (χ2v) is 6.92. The van der Waals surface area contributed by atoms with Crippen LogP contribution in [0.2, 0.25) is 0 Å². The number of hydrogen-bond acceptors (Lipinski definition) is 5. The van der Waals surface area contributed by atoms with E-state index in [-0.39, 0.29) is 6.04 Å². The number of hydrogen-bond donors (Lipinski definition) is 2. The van der Waals surface area contributed by atoms with Crippen LogP contribution in [0.3, 0.4) is 0 Å². The van der Waals surface area contributed by atoms with Crippen molar-refractivity contribution >= 4 is 22.4 Å². The van der Waals surface area contributed by atoms with Crippen molar-refractivity contribution < 1.29 is 4.74 Å². The standard InChI is InChI=1S/C22H26N4O/c1-16(24-22-10-7-17-5-3-4-6-20(17)25-22)19-15-18(27-2)8-9-21(19)26-13-11-23-12-14-26/h3-10,15-16,23H,11-14H2,1-2H3,(H,24,25). The number of fused-ring (bicyclic) bond motifs is 1. The van der Waals surface area contributed by atoms with Gasteiger partial charge in [0, 0.05) is 42.8 Å². The highest BCUT2D eigenvalue weighted by Crippen LogP contribution is 2.32. The van der Waals surface area contributed by atoms with Crippen LogP contribution in [0.15, 0.2) is 54.6 Å². The molecule has 1 aromatic heterocycles. The minimum atomic E-state index is 0.110. The molecule has 1 saturated heterocycles. The number of piperazine rings is 1. The van der Waals surface area contributed by atoms with Crippen molar-refractivity contribution in [2.45, 2.75) is 13.0 Å². The summed E-state index contributed by atoms with van der Waals surface area (Å²) in [4.78, 5) is 7.20. The minimum absolute atomic E-state index is 0.110. The molecule has 1 atom stereocenters. The SMILES string of the molecule is COc1ccc(N2CCNCC2)c(C(C)Nc2ccc3ccccc3n2)c1. The Morgan fingerprint density at radius 1 is 1.07 bits per heavy atom. The fourth-order valence-corrected chi connectivity index (χ4v) is 3.65. The third-order valence-corrected chi connectivity index (χ3v) is 5.12. The lowest BCUT2D eigenvalue weighted by Crippen LogP contribution is -2.44. The zero-order valence-electron chi connectivity index (χ0n) is 15.9. The molecule has 0 spiro atoms. The molecule has 5 heteroatoms. The van der Waals surface area contributed by atoms with Gasteiger partial charge in [-0.15, -0.1) is 0 Å². The third kappa shape index (κ3) is 3.83. The maximum Gasteiger partial charge on any atom is 0.127 e. The third-order valence-electron chi connectivity index (χ3n) is 5.12. The number of aromatic nitrogens is 1. The number of pyridine rings is 1. The number of benzene rings is 2. The zero-order valence-corrected chi connectivity index (χ0v) is 15.9. The molecular formula is C22H26N4O. The van der Waals surface area contributed by atoms with Gasteiger partial charge in [0.1, 0.15) is 11.6 Å². The second kappa shape index (κ2) is 7.84. The first-order valence-electron chi connectivity index (χ1n) is 9.50. The molecule has 0 saturated carbocycles. The highest BCUT2D eigenvalue weighted by molar-refractivity contribution is 5.80. The molecule has 0 radical (unpaired) electrons. The predicted molar refractivity (Wildman–Crippen MR) is 112 cm³/mol. The summed E-state index contributed by atoms with van der Waals surface area (Å²) in [6, 6.07) is 18.8. The van der Waals surface area contributed by atoms with Crippen LogP contribution >= 0.6 is 0 Å². The Bertz CT molecular complexity index is 921. The number of nitrogens with zero attached hydrogens (tertiary/aromatic N) is 2. The Morgan fingerprint density at radius 2 is 1.89 bits per heavy atom. The minimum Gasteiger partial charge on any atom is -0.497 e. The molecule has 5 nitrogen and oxygen atoms in total. The van der Waals surface area contributed by atoms with Gasteiger partial charge in [0.05, 0.1) is 18.7 Å². The number of rotatable bonds is 5. The first-order valence-corrected chi connectivity index (χ1v) is 9.50. The maximum absolute atomic E-state index is 5.48. The van der Waals surface area contributed by atoms with Gasteiger partial charge in [-0.1, -0.05) is 18.2 Å². The van der Waals surface area contributed by atoms with Crippen molar-refractivity contribution in [1.82, 2.24) is 10.3 Å². The van der Waals surface area contributed by atoms with E-state index < -0.39 is 0 Å². The van der Waals surface area contributed by atoms with E-state index in [0.29, 0.717) is 0 Å². The van der Waals surface area contributed by atoms with Gasteiger partial charge in [-0.2, -0.15) is 0 Å². The van der Waals surface area contributed by atoms with E-state index in [1.54, 1.807) is 7.11 Å². The van der Waals surface area contributed by atoms with Gasteiger partial charge in [-0.25, -0.2) is 4.98 Å². The van der Waals surface area contributed by atoms with E-state index in [1.807, 2.05) is 30.3 Å². The molecule has 1 fully saturated rings. The Kier molecular flexibility index (Phi) is 5.12. The zero-order chi connectivity index (χ0) is 18.6. The summed E-state index contributed by atoms with van der Waals surface area (Å²) in [6.45, 7) is 6.23. The monoisotopic (exact) mass is 362 g/mol. The van der Waals surface area contributed by atoms with E-state index >= 15 is 0 Å². The van der Waals surface area contributed by atoms with Crippen molar-refractivity contribution in [2.75, 3.05) is 43.5 Å². The lowest BCUT2D eigenvalue weighted by Gasteiger charge is -2.32. The van der Waals surface area contributed by atoms with Gasteiger partial charge < -0.3 is 20.3 Å². The highest BCUT2D eigenvalue weighted by atomic mass is 16.5. The second-order valence-electron chi connectivity index (χ2n) is 6.92. The molecule has 0 aliphatic carbocycles. The summed E-state index contributed by atoms with van der Waals surface area (Å²) in [5.41, 5.74) is 3.49. The topological polar surface area (TPSA) is 49.4 Å². The molecular weight excluding hydrogens is 336 g/mol. The van der Waals surface area contributed by atoms with Crippen LogP contribution in [0.5, 0.6) is 5.75 Å². The fraction of sp³-hybridized carbons (Fsp3) is 0.318. The van der Waals surface area contributed by atoms with Crippen molar-refractivity contribution in [1.29, 1.82) is 0 Å².